The number of aromatic nitrogens is 1. The zero-order valence-electron chi connectivity index (χ0n) is 17.3. The van der Waals surface area contributed by atoms with Gasteiger partial charge in [-0.25, -0.2) is 0 Å². The molecule has 4 heterocycles. The van der Waals surface area contributed by atoms with Crippen LogP contribution in [0.25, 0.3) is 0 Å². The van der Waals surface area contributed by atoms with Crippen LogP contribution in [0.2, 0.25) is 0 Å². The molecule has 3 aliphatic heterocycles. The van der Waals surface area contributed by atoms with Crippen molar-refractivity contribution in [2.24, 2.45) is 9.98 Å². The molecule has 1 atom stereocenters. The summed E-state index contributed by atoms with van der Waals surface area (Å²) in [6.07, 6.45) is 5.18. The lowest BCUT2D eigenvalue weighted by Crippen LogP contribution is -2.38. The standard InChI is InChI=1S/C26H24N4O/c31-21-4-3-11-30(16-21)20-7-9-23-19(13-20)14-25(28-23)17-6-8-22-18(12-17)15-26(29-22)24-5-1-2-10-27-24/h1-2,5-10,12-13,21,31H,3-4,11,14-16H2. The predicted octanol–water partition coefficient (Wildman–Crippen LogP) is 4.40. The summed E-state index contributed by atoms with van der Waals surface area (Å²) in [5.74, 6) is 0. The summed E-state index contributed by atoms with van der Waals surface area (Å²) >= 11 is 0. The van der Waals surface area contributed by atoms with Gasteiger partial charge in [0.1, 0.15) is 0 Å². The molecular weight excluding hydrogens is 384 g/mol. The number of aliphatic imine (C=N–C) groups is 2. The Hall–Kier alpha value is -3.31. The molecule has 0 amide bonds. The van der Waals surface area contributed by atoms with Crippen molar-refractivity contribution in [2.45, 2.75) is 31.8 Å². The quantitative estimate of drug-likeness (QED) is 0.699. The van der Waals surface area contributed by atoms with Gasteiger partial charge in [-0.2, -0.15) is 0 Å². The SMILES string of the molecule is OC1CCCN(c2ccc3c(c2)CC(c2ccc4c(c2)CC(c2ccccn2)=N4)=N3)C1. The number of pyridine rings is 1. The molecule has 1 saturated heterocycles. The van der Waals surface area contributed by atoms with E-state index in [4.69, 9.17) is 9.98 Å². The molecular formula is C26H24N4O. The molecule has 0 radical (unpaired) electrons. The van der Waals surface area contributed by atoms with Gasteiger partial charge in [-0.3, -0.25) is 15.0 Å². The molecule has 1 fully saturated rings. The molecule has 5 nitrogen and oxygen atoms in total. The largest absolute Gasteiger partial charge is 0.391 e. The van der Waals surface area contributed by atoms with Crippen molar-refractivity contribution >= 4 is 28.5 Å². The van der Waals surface area contributed by atoms with Crippen molar-refractivity contribution in [1.29, 1.82) is 0 Å². The number of β-amino-alcohol motifs (C(OH)–C–C–N with tert-alkyl or cyclic N) is 1. The van der Waals surface area contributed by atoms with E-state index in [1.165, 1.54) is 22.4 Å². The summed E-state index contributed by atoms with van der Waals surface area (Å²) in [5, 5.41) is 10.0. The first kappa shape index (κ1) is 18.5. The maximum absolute atomic E-state index is 10.0. The van der Waals surface area contributed by atoms with E-state index in [0.717, 1.165) is 67.3 Å². The van der Waals surface area contributed by atoms with Gasteiger partial charge in [0.05, 0.1) is 34.6 Å². The second-order valence-corrected chi connectivity index (χ2v) is 8.58. The molecule has 0 aliphatic carbocycles. The number of benzene rings is 2. The van der Waals surface area contributed by atoms with Crippen molar-refractivity contribution < 1.29 is 5.11 Å². The maximum atomic E-state index is 10.0. The fraction of sp³-hybridized carbons (Fsp3) is 0.269. The van der Waals surface area contributed by atoms with Gasteiger partial charge >= 0.3 is 0 Å². The zero-order chi connectivity index (χ0) is 20.8. The molecule has 3 aromatic rings. The zero-order valence-corrected chi connectivity index (χ0v) is 17.3. The Balaban J connectivity index is 1.22. The molecule has 0 spiro atoms. The Kier molecular flexibility index (Phi) is 4.42. The molecule has 3 aliphatic rings. The summed E-state index contributed by atoms with van der Waals surface area (Å²) in [5.41, 5.74) is 10.0. The number of fused-ring (bicyclic) bond motifs is 2. The third kappa shape index (κ3) is 3.45. The first-order chi connectivity index (χ1) is 15.2. The first-order valence-corrected chi connectivity index (χ1v) is 11.0. The van der Waals surface area contributed by atoms with Crippen LogP contribution in [0.5, 0.6) is 0 Å². The van der Waals surface area contributed by atoms with E-state index in [9.17, 15) is 5.11 Å². The first-order valence-electron chi connectivity index (χ1n) is 11.0. The third-order valence-electron chi connectivity index (χ3n) is 6.42. The van der Waals surface area contributed by atoms with Gasteiger partial charge < -0.3 is 10.0 Å². The molecule has 0 saturated carbocycles. The van der Waals surface area contributed by atoms with E-state index in [0.29, 0.717) is 0 Å². The number of rotatable bonds is 3. The van der Waals surface area contributed by atoms with Gasteiger partial charge in [0.15, 0.2) is 0 Å². The molecule has 1 unspecified atom stereocenters. The van der Waals surface area contributed by atoms with Gasteiger partial charge in [0.25, 0.3) is 0 Å². The average molecular weight is 409 g/mol. The minimum absolute atomic E-state index is 0.224. The van der Waals surface area contributed by atoms with E-state index in [1.807, 2.05) is 24.4 Å². The lowest BCUT2D eigenvalue weighted by atomic mass is 9.99. The van der Waals surface area contributed by atoms with Crippen LogP contribution in [0, 0.1) is 0 Å². The Labute approximate surface area is 181 Å². The van der Waals surface area contributed by atoms with E-state index < -0.39 is 0 Å². The number of hydrogen-bond donors (Lipinski definition) is 1. The van der Waals surface area contributed by atoms with Crippen molar-refractivity contribution in [3.05, 3.63) is 83.2 Å². The van der Waals surface area contributed by atoms with Crippen LogP contribution in [0.1, 0.15) is 35.2 Å². The highest BCUT2D eigenvalue weighted by molar-refractivity contribution is 6.09. The van der Waals surface area contributed by atoms with Crippen LogP contribution in [-0.2, 0) is 12.8 Å². The molecule has 31 heavy (non-hydrogen) atoms. The fourth-order valence-electron chi connectivity index (χ4n) is 4.80. The minimum atomic E-state index is -0.224. The van der Waals surface area contributed by atoms with E-state index >= 15 is 0 Å². The highest BCUT2D eigenvalue weighted by atomic mass is 16.3. The number of piperidine rings is 1. The summed E-state index contributed by atoms with van der Waals surface area (Å²) in [7, 11) is 0. The minimum Gasteiger partial charge on any atom is -0.391 e. The second-order valence-electron chi connectivity index (χ2n) is 8.58. The van der Waals surface area contributed by atoms with Gasteiger partial charge in [-0.15, -0.1) is 0 Å². The Morgan fingerprint density at radius 3 is 2.52 bits per heavy atom. The summed E-state index contributed by atoms with van der Waals surface area (Å²) in [6.45, 7) is 1.73. The molecule has 1 N–H and O–H groups in total. The average Bonchev–Trinajstić information content (AvgIpc) is 3.43. The van der Waals surface area contributed by atoms with Gasteiger partial charge in [-0.05, 0) is 72.0 Å². The number of nitrogens with zero attached hydrogens (tertiary/aromatic N) is 4. The normalized spacial score (nSPS) is 19.6. The Morgan fingerprint density at radius 2 is 1.68 bits per heavy atom. The number of anilines is 1. The molecule has 6 rings (SSSR count). The molecule has 1 aromatic heterocycles. The molecule has 5 heteroatoms. The molecule has 2 aromatic carbocycles. The Bertz CT molecular complexity index is 1220. The lowest BCUT2D eigenvalue weighted by molar-refractivity contribution is 0.154. The van der Waals surface area contributed by atoms with Crippen LogP contribution in [-0.4, -0.2) is 40.7 Å². The van der Waals surface area contributed by atoms with Crippen LogP contribution in [0.15, 0.2) is 70.8 Å². The highest BCUT2D eigenvalue weighted by Crippen LogP contribution is 2.35. The summed E-state index contributed by atoms with van der Waals surface area (Å²) in [4.78, 5) is 16.4. The van der Waals surface area contributed by atoms with Crippen molar-refractivity contribution in [3.63, 3.8) is 0 Å². The van der Waals surface area contributed by atoms with E-state index in [-0.39, 0.29) is 6.10 Å². The van der Waals surface area contributed by atoms with Gasteiger partial charge in [0, 0.05) is 37.8 Å². The highest BCUT2D eigenvalue weighted by Gasteiger charge is 2.23. The van der Waals surface area contributed by atoms with E-state index in [2.05, 4.69) is 46.3 Å². The van der Waals surface area contributed by atoms with Crippen LogP contribution >= 0.6 is 0 Å². The van der Waals surface area contributed by atoms with Gasteiger partial charge in [-0.1, -0.05) is 12.1 Å². The molecule has 0 bridgehead atoms. The number of aliphatic hydroxyl groups is 1. The smallest absolute Gasteiger partial charge is 0.0848 e. The van der Waals surface area contributed by atoms with Crippen molar-refractivity contribution in [3.8, 4) is 0 Å². The van der Waals surface area contributed by atoms with Gasteiger partial charge in [0.2, 0.25) is 0 Å². The molecule has 154 valence electrons. The second kappa shape index (κ2) is 7.43. The fourth-order valence-corrected chi connectivity index (χ4v) is 4.80. The summed E-state index contributed by atoms with van der Waals surface area (Å²) < 4.78 is 0. The van der Waals surface area contributed by atoms with Crippen LogP contribution in [0.4, 0.5) is 17.1 Å². The topological polar surface area (TPSA) is 61.1 Å². The maximum Gasteiger partial charge on any atom is 0.0848 e. The predicted molar refractivity (Wildman–Crippen MR) is 124 cm³/mol. The monoisotopic (exact) mass is 408 g/mol. The third-order valence-corrected chi connectivity index (χ3v) is 6.42. The van der Waals surface area contributed by atoms with Crippen LogP contribution < -0.4 is 4.90 Å². The number of aliphatic hydroxyl groups excluding tert-OH is 1. The van der Waals surface area contributed by atoms with Crippen molar-refractivity contribution in [2.75, 3.05) is 18.0 Å². The number of hydrogen-bond acceptors (Lipinski definition) is 5. The summed E-state index contributed by atoms with van der Waals surface area (Å²) in [6, 6.07) is 18.9. The Morgan fingerprint density at radius 1 is 0.871 bits per heavy atom. The van der Waals surface area contributed by atoms with Crippen molar-refractivity contribution in [1.82, 2.24) is 4.98 Å². The van der Waals surface area contributed by atoms with Crippen LogP contribution in [0.3, 0.4) is 0 Å². The van der Waals surface area contributed by atoms with E-state index in [1.54, 1.807) is 0 Å². The lowest BCUT2D eigenvalue weighted by Gasteiger charge is -2.32.